The van der Waals surface area contributed by atoms with E-state index in [0.29, 0.717) is 6.54 Å². The van der Waals surface area contributed by atoms with Gasteiger partial charge in [-0.2, -0.15) is 0 Å². The lowest BCUT2D eigenvalue weighted by Crippen LogP contribution is -2.21. The van der Waals surface area contributed by atoms with Crippen molar-refractivity contribution in [2.24, 2.45) is 0 Å². The van der Waals surface area contributed by atoms with Gasteiger partial charge < -0.3 is 10.4 Å². The Bertz CT molecular complexity index is 574. The molecule has 0 aromatic heterocycles. The summed E-state index contributed by atoms with van der Waals surface area (Å²) in [6.45, 7) is 0.546. The molecule has 0 radical (unpaired) electrons. The van der Waals surface area contributed by atoms with Crippen LogP contribution in [0.3, 0.4) is 0 Å². The molecule has 3 heteroatoms. The number of rotatable bonds is 6. The van der Waals surface area contributed by atoms with Crippen LogP contribution in [0.15, 0.2) is 54.6 Å². The lowest BCUT2D eigenvalue weighted by Gasteiger charge is -2.02. The Morgan fingerprint density at radius 1 is 0.950 bits per heavy atom. The Morgan fingerprint density at radius 3 is 2.15 bits per heavy atom. The average molecular weight is 267 g/mol. The van der Waals surface area contributed by atoms with Crippen molar-refractivity contribution in [3.8, 4) is 0 Å². The highest BCUT2D eigenvalue weighted by atomic mass is 16.4. The van der Waals surface area contributed by atoms with E-state index in [-0.39, 0.29) is 6.54 Å². The highest BCUT2D eigenvalue weighted by Gasteiger charge is 1.96. The first kappa shape index (κ1) is 14.0. The second-order valence-corrected chi connectivity index (χ2v) is 4.48. The minimum Gasteiger partial charge on any atom is -0.480 e. The predicted octanol–water partition coefficient (Wildman–Crippen LogP) is 3.03. The van der Waals surface area contributed by atoms with E-state index in [1.807, 2.05) is 42.5 Å². The smallest absolute Gasteiger partial charge is 0.317 e. The van der Waals surface area contributed by atoms with Gasteiger partial charge in [-0.1, -0.05) is 66.7 Å². The van der Waals surface area contributed by atoms with Gasteiger partial charge in [0.1, 0.15) is 0 Å². The molecular weight excluding hydrogens is 250 g/mol. The average Bonchev–Trinajstić information content (AvgIpc) is 2.47. The second kappa shape index (κ2) is 7.26. The summed E-state index contributed by atoms with van der Waals surface area (Å²) in [5.74, 6) is -0.840. The van der Waals surface area contributed by atoms with Crippen LogP contribution in [0.5, 0.6) is 0 Å². The van der Waals surface area contributed by atoms with E-state index in [9.17, 15) is 4.79 Å². The molecule has 20 heavy (non-hydrogen) atoms. The van der Waals surface area contributed by atoms with E-state index in [1.165, 1.54) is 5.56 Å². The summed E-state index contributed by atoms with van der Waals surface area (Å²) in [5, 5.41) is 11.4. The van der Waals surface area contributed by atoms with E-state index in [0.717, 1.165) is 11.1 Å². The highest BCUT2D eigenvalue weighted by Crippen LogP contribution is 2.09. The fourth-order valence-electron chi connectivity index (χ4n) is 1.82. The summed E-state index contributed by atoms with van der Waals surface area (Å²) in [5.41, 5.74) is 3.36. The molecule has 0 aliphatic carbocycles. The van der Waals surface area contributed by atoms with Crippen molar-refractivity contribution in [2.45, 2.75) is 6.54 Å². The molecule has 0 bridgehead atoms. The molecule has 0 atom stereocenters. The van der Waals surface area contributed by atoms with Crippen molar-refractivity contribution < 1.29 is 9.90 Å². The number of nitrogens with one attached hydrogen (secondary N) is 1. The van der Waals surface area contributed by atoms with E-state index >= 15 is 0 Å². The Morgan fingerprint density at radius 2 is 1.55 bits per heavy atom. The zero-order valence-corrected chi connectivity index (χ0v) is 11.1. The number of aliphatic carboxylic acids is 1. The van der Waals surface area contributed by atoms with Gasteiger partial charge in [-0.15, -0.1) is 0 Å². The van der Waals surface area contributed by atoms with Crippen LogP contribution in [0.2, 0.25) is 0 Å². The van der Waals surface area contributed by atoms with E-state index in [2.05, 4.69) is 29.6 Å². The third kappa shape index (κ3) is 4.71. The van der Waals surface area contributed by atoms with Gasteiger partial charge in [-0.05, 0) is 16.7 Å². The number of benzene rings is 2. The molecule has 102 valence electrons. The van der Waals surface area contributed by atoms with Crippen LogP contribution in [-0.2, 0) is 11.3 Å². The predicted molar refractivity (Wildman–Crippen MR) is 81.2 cm³/mol. The third-order valence-electron chi connectivity index (χ3n) is 2.85. The zero-order chi connectivity index (χ0) is 14.2. The summed E-state index contributed by atoms with van der Waals surface area (Å²) in [7, 11) is 0. The maximum atomic E-state index is 10.4. The number of carboxylic acids is 1. The van der Waals surface area contributed by atoms with Crippen LogP contribution in [0.4, 0.5) is 0 Å². The Hall–Kier alpha value is -2.39. The zero-order valence-electron chi connectivity index (χ0n) is 11.1. The van der Waals surface area contributed by atoms with E-state index < -0.39 is 5.97 Å². The van der Waals surface area contributed by atoms with Crippen LogP contribution < -0.4 is 5.32 Å². The summed E-state index contributed by atoms with van der Waals surface area (Å²) in [6.07, 6.45) is 4.13. The molecule has 2 aromatic rings. The summed E-state index contributed by atoms with van der Waals surface area (Å²) < 4.78 is 0. The van der Waals surface area contributed by atoms with Gasteiger partial charge in [0, 0.05) is 6.54 Å². The van der Waals surface area contributed by atoms with Crippen molar-refractivity contribution >= 4 is 18.1 Å². The molecule has 0 aliphatic rings. The van der Waals surface area contributed by atoms with Crippen LogP contribution in [0.25, 0.3) is 12.2 Å². The van der Waals surface area contributed by atoms with Gasteiger partial charge in [-0.3, -0.25) is 4.79 Å². The van der Waals surface area contributed by atoms with Crippen molar-refractivity contribution in [1.29, 1.82) is 0 Å². The van der Waals surface area contributed by atoms with Crippen LogP contribution in [0.1, 0.15) is 16.7 Å². The molecule has 0 spiro atoms. The van der Waals surface area contributed by atoms with E-state index in [1.54, 1.807) is 0 Å². The number of carbonyl (C=O) groups is 1. The first-order valence-corrected chi connectivity index (χ1v) is 6.48. The molecule has 0 unspecified atom stereocenters. The van der Waals surface area contributed by atoms with Gasteiger partial charge in [0.2, 0.25) is 0 Å². The molecule has 0 aliphatic heterocycles. The SMILES string of the molecule is O=C(O)CNCc1ccc(/C=C/c2ccccc2)cc1. The van der Waals surface area contributed by atoms with E-state index in [4.69, 9.17) is 5.11 Å². The fraction of sp³-hybridized carbons (Fsp3) is 0.118. The van der Waals surface area contributed by atoms with Gasteiger partial charge in [0.15, 0.2) is 0 Å². The van der Waals surface area contributed by atoms with Gasteiger partial charge in [0.25, 0.3) is 0 Å². The monoisotopic (exact) mass is 267 g/mol. The first-order chi connectivity index (χ1) is 9.74. The van der Waals surface area contributed by atoms with Crippen molar-refractivity contribution in [1.82, 2.24) is 5.32 Å². The van der Waals surface area contributed by atoms with Gasteiger partial charge in [-0.25, -0.2) is 0 Å². The summed E-state index contributed by atoms with van der Waals surface area (Å²) >= 11 is 0. The number of carboxylic acid groups (broad SMARTS) is 1. The van der Waals surface area contributed by atoms with Crippen molar-refractivity contribution in [3.63, 3.8) is 0 Å². The van der Waals surface area contributed by atoms with Gasteiger partial charge in [0.05, 0.1) is 6.54 Å². The lowest BCUT2D eigenvalue weighted by atomic mass is 10.1. The Labute approximate surface area is 118 Å². The number of hydrogen-bond donors (Lipinski definition) is 2. The van der Waals surface area contributed by atoms with Crippen molar-refractivity contribution in [2.75, 3.05) is 6.54 Å². The fourth-order valence-corrected chi connectivity index (χ4v) is 1.82. The molecule has 3 nitrogen and oxygen atoms in total. The first-order valence-electron chi connectivity index (χ1n) is 6.48. The normalized spacial score (nSPS) is 10.8. The summed E-state index contributed by atoms with van der Waals surface area (Å²) in [6, 6.07) is 18.2. The molecule has 2 rings (SSSR count). The molecule has 0 heterocycles. The molecular formula is C17H17NO2. The largest absolute Gasteiger partial charge is 0.480 e. The quantitative estimate of drug-likeness (QED) is 0.791. The topological polar surface area (TPSA) is 49.3 Å². The van der Waals surface area contributed by atoms with Gasteiger partial charge >= 0.3 is 5.97 Å². The Balaban J connectivity index is 1.91. The van der Waals surface area contributed by atoms with Crippen LogP contribution in [-0.4, -0.2) is 17.6 Å². The molecule has 2 aromatic carbocycles. The highest BCUT2D eigenvalue weighted by molar-refractivity contribution is 5.70. The molecule has 0 saturated heterocycles. The lowest BCUT2D eigenvalue weighted by molar-refractivity contribution is -0.135. The summed E-state index contributed by atoms with van der Waals surface area (Å²) in [4.78, 5) is 10.4. The van der Waals surface area contributed by atoms with Crippen LogP contribution in [0, 0.1) is 0 Å². The molecule has 2 N–H and O–H groups in total. The maximum absolute atomic E-state index is 10.4. The Kier molecular flexibility index (Phi) is 5.09. The standard InChI is InChI=1S/C17H17NO2/c19-17(20)13-18-12-16-10-8-15(9-11-16)7-6-14-4-2-1-3-5-14/h1-11,18H,12-13H2,(H,19,20)/b7-6+. The second-order valence-electron chi connectivity index (χ2n) is 4.48. The minimum atomic E-state index is -0.840. The third-order valence-corrected chi connectivity index (χ3v) is 2.85. The molecule has 0 amide bonds. The van der Waals surface area contributed by atoms with Crippen molar-refractivity contribution in [3.05, 3.63) is 71.3 Å². The molecule has 0 fully saturated rings. The maximum Gasteiger partial charge on any atom is 0.317 e. The minimum absolute atomic E-state index is 0.0182. The van der Waals surface area contributed by atoms with Crippen LogP contribution >= 0.6 is 0 Å². The molecule has 0 saturated carbocycles. The number of hydrogen-bond acceptors (Lipinski definition) is 2.